The van der Waals surface area contributed by atoms with Crippen molar-refractivity contribution >= 4 is 29.9 Å². The number of amides is 4. The first-order valence-corrected chi connectivity index (χ1v) is 5.34. The highest BCUT2D eigenvalue weighted by Gasteiger charge is 2.42. The maximum Gasteiger partial charge on any atom is 0.269 e. The Labute approximate surface area is 107 Å². The van der Waals surface area contributed by atoms with Crippen LogP contribution < -0.4 is 0 Å². The van der Waals surface area contributed by atoms with Gasteiger partial charge >= 0.3 is 0 Å². The van der Waals surface area contributed by atoms with Crippen LogP contribution in [0.1, 0.15) is 6.92 Å². The SMILES string of the molecule is C[C@@H](C=O)N(N1C(=O)C=CC1=O)N1C(=O)C=CC1=O. The van der Waals surface area contributed by atoms with E-state index < -0.39 is 29.7 Å². The molecule has 0 aliphatic carbocycles. The number of hydrazine groups is 2. The summed E-state index contributed by atoms with van der Waals surface area (Å²) in [5.41, 5.74) is 0. The van der Waals surface area contributed by atoms with Gasteiger partial charge in [-0.15, -0.1) is 5.12 Å². The predicted molar refractivity (Wildman–Crippen MR) is 59.4 cm³/mol. The predicted octanol–water partition coefficient (Wildman–Crippen LogP) is -1.44. The van der Waals surface area contributed by atoms with Gasteiger partial charge in [0.25, 0.3) is 23.6 Å². The largest absolute Gasteiger partial charge is 0.301 e. The Morgan fingerprint density at radius 1 is 0.895 bits per heavy atom. The first-order chi connectivity index (χ1) is 8.97. The molecule has 0 bridgehead atoms. The lowest BCUT2D eigenvalue weighted by Crippen LogP contribution is -2.61. The molecule has 2 aliphatic heterocycles. The normalized spacial score (nSPS) is 20.1. The maximum absolute atomic E-state index is 11.6. The van der Waals surface area contributed by atoms with Crippen LogP contribution >= 0.6 is 0 Å². The molecule has 0 saturated heterocycles. The number of rotatable bonds is 4. The second-order valence-electron chi connectivity index (χ2n) is 3.84. The van der Waals surface area contributed by atoms with E-state index in [0.717, 1.165) is 29.4 Å². The van der Waals surface area contributed by atoms with E-state index in [1.807, 2.05) is 0 Å². The molecule has 8 nitrogen and oxygen atoms in total. The minimum absolute atomic E-state index is 0.414. The van der Waals surface area contributed by atoms with Crippen LogP contribution in [0, 0.1) is 0 Å². The molecule has 98 valence electrons. The minimum Gasteiger partial charge on any atom is -0.301 e. The first kappa shape index (κ1) is 12.8. The number of hydrogen-bond acceptors (Lipinski definition) is 6. The highest BCUT2D eigenvalue weighted by Crippen LogP contribution is 2.18. The van der Waals surface area contributed by atoms with Crippen LogP contribution in [0.25, 0.3) is 0 Å². The minimum atomic E-state index is -1.04. The number of carbonyl (C=O) groups excluding carboxylic acids is 5. The van der Waals surface area contributed by atoms with E-state index in [1.54, 1.807) is 0 Å². The third-order valence-corrected chi connectivity index (χ3v) is 2.54. The van der Waals surface area contributed by atoms with Crippen molar-refractivity contribution in [1.82, 2.24) is 15.1 Å². The van der Waals surface area contributed by atoms with Gasteiger partial charge in [0.2, 0.25) is 0 Å². The van der Waals surface area contributed by atoms with Crippen LogP contribution in [0.3, 0.4) is 0 Å². The van der Waals surface area contributed by atoms with E-state index >= 15 is 0 Å². The average molecular weight is 263 g/mol. The molecule has 0 N–H and O–H groups in total. The highest BCUT2D eigenvalue weighted by atomic mass is 16.2. The Hall–Kier alpha value is -2.61. The van der Waals surface area contributed by atoms with E-state index in [0.29, 0.717) is 16.3 Å². The molecular formula is C11H9N3O5. The van der Waals surface area contributed by atoms with Gasteiger partial charge in [0, 0.05) is 24.3 Å². The fourth-order valence-corrected chi connectivity index (χ4v) is 1.70. The zero-order valence-electron chi connectivity index (χ0n) is 9.85. The summed E-state index contributed by atoms with van der Waals surface area (Å²) in [6.45, 7) is 1.35. The quantitative estimate of drug-likeness (QED) is 0.455. The summed E-state index contributed by atoms with van der Waals surface area (Å²) in [5.74, 6) is -2.92. The lowest BCUT2D eigenvalue weighted by atomic mass is 10.4. The van der Waals surface area contributed by atoms with Crippen LogP contribution in [-0.2, 0) is 24.0 Å². The third-order valence-electron chi connectivity index (χ3n) is 2.54. The van der Waals surface area contributed by atoms with Crippen molar-refractivity contribution in [2.45, 2.75) is 13.0 Å². The monoisotopic (exact) mass is 263 g/mol. The average Bonchev–Trinajstić information content (AvgIpc) is 2.87. The molecule has 0 radical (unpaired) electrons. The van der Waals surface area contributed by atoms with Crippen molar-refractivity contribution in [3.05, 3.63) is 24.3 Å². The molecule has 1 atom stereocenters. The summed E-state index contributed by atoms with van der Waals surface area (Å²) in [5, 5.41) is 1.89. The van der Waals surface area contributed by atoms with Gasteiger partial charge in [-0.2, -0.15) is 10.0 Å². The van der Waals surface area contributed by atoms with Gasteiger partial charge in [0.15, 0.2) is 0 Å². The number of hydrogen-bond donors (Lipinski definition) is 0. The molecule has 8 heteroatoms. The van der Waals surface area contributed by atoms with E-state index in [2.05, 4.69) is 0 Å². The van der Waals surface area contributed by atoms with Crippen LogP contribution in [0.5, 0.6) is 0 Å². The van der Waals surface area contributed by atoms with Crippen molar-refractivity contribution < 1.29 is 24.0 Å². The molecule has 0 saturated carbocycles. The van der Waals surface area contributed by atoms with Crippen molar-refractivity contribution in [3.63, 3.8) is 0 Å². The molecule has 0 unspecified atom stereocenters. The van der Waals surface area contributed by atoms with Gasteiger partial charge in [-0.25, -0.2) is 0 Å². The molecule has 2 rings (SSSR count). The van der Waals surface area contributed by atoms with Crippen LogP contribution in [-0.4, -0.2) is 51.1 Å². The van der Waals surface area contributed by atoms with Gasteiger partial charge in [0.05, 0.1) is 0 Å². The summed E-state index contributed by atoms with van der Waals surface area (Å²) in [6, 6.07) is -1.04. The highest BCUT2D eigenvalue weighted by molar-refractivity contribution is 6.15. The number of imide groups is 2. The molecule has 19 heavy (non-hydrogen) atoms. The molecule has 0 aromatic rings. The van der Waals surface area contributed by atoms with Crippen molar-refractivity contribution in [2.75, 3.05) is 0 Å². The number of nitrogens with zero attached hydrogens (tertiary/aromatic N) is 3. The van der Waals surface area contributed by atoms with Gasteiger partial charge in [0.1, 0.15) is 12.3 Å². The summed E-state index contributed by atoms with van der Waals surface area (Å²) >= 11 is 0. The molecule has 0 aromatic heterocycles. The van der Waals surface area contributed by atoms with E-state index in [1.165, 1.54) is 6.92 Å². The molecule has 2 heterocycles. The topological polar surface area (TPSA) is 95.1 Å². The molecule has 0 fully saturated rings. The van der Waals surface area contributed by atoms with Crippen molar-refractivity contribution in [3.8, 4) is 0 Å². The third kappa shape index (κ3) is 1.97. The Kier molecular flexibility index (Phi) is 3.09. The van der Waals surface area contributed by atoms with Gasteiger partial charge in [-0.05, 0) is 6.92 Å². The zero-order chi connectivity index (χ0) is 14.2. The molecule has 0 aromatic carbocycles. The summed E-state index contributed by atoms with van der Waals surface area (Å²) < 4.78 is 0. The summed E-state index contributed by atoms with van der Waals surface area (Å²) in [6.07, 6.45) is 4.38. The standard InChI is InChI=1S/C11H9N3O5/c1-7(6-15)14(12-8(16)2-3-9(12)17)13-10(18)4-5-11(13)19/h2-7H,1H3/t7-/m0/s1. The molecule has 4 amide bonds. The summed E-state index contributed by atoms with van der Waals surface area (Å²) in [4.78, 5) is 57.3. The van der Waals surface area contributed by atoms with E-state index in [4.69, 9.17) is 0 Å². The fraction of sp³-hybridized carbons (Fsp3) is 0.182. The lowest BCUT2D eigenvalue weighted by molar-refractivity contribution is -0.202. The van der Waals surface area contributed by atoms with Crippen molar-refractivity contribution in [1.29, 1.82) is 0 Å². The molecule has 2 aliphatic rings. The number of aldehydes is 1. The van der Waals surface area contributed by atoms with Gasteiger partial charge in [-0.1, -0.05) is 0 Å². The van der Waals surface area contributed by atoms with Crippen LogP contribution in [0.15, 0.2) is 24.3 Å². The van der Waals surface area contributed by atoms with Gasteiger partial charge < -0.3 is 4.79 Å². The lowest BCUT2D eigenvalue weighted by Gasteiger charge is -2.37. The second kappa shape index (κ2) is 4.58. The Bertz CT molecular complexity index is 473. The molecule has 0 spiro atoms. The van der Waals surface area contributed by atoms with E-state index in [9.17, 15) is 24.0 Å². The zero-order valence-corrected chi connectivity index (χ0v) is 9.85. The second-order valence-corrected chi connectivity index (χ2v) is 3.84. The summed E-state index contributed by atoms with van der Waals surface area (Å²) in [7, 11) is 0. The van der Waals surface area contributed by atoms with E-state index in [-0.39, 0.29) is 0 Å². The Morgan fingerprint density at radius 3 is 1.47 bits per heavy atom. The van der Waals surface area contributed by atoms with Gasteiger partial charge in [-0.3, -0.25) is 19.2 Å². The fourth-order valence-electron chi connectivity index (χ4n) is 1.70. The Balaban J connectivity index is 2.40. The van der Waals surface area contributed by atoms with Crippen LogP contribution in [0.2, 0.25) is 0 Å². The van der Waals surface area contributed by atoms with Crippen LogP contribution in [0.4, 0.5) is 0 Å². The Morgan fingerprint density at radius 2 is 1.21 bits per heavy atom. The van der Waals surface area contributed by atoms with Crippen molar-refractivity contribution in [2.24, 2.45) is 0 Å². The number of carbonyl (C=O) groups is 5. The first-order valence-electron chi connectivity index (χ1n) is 5.34. The smallest absolute Gasteiger partial charge is 0.269 e. The maximum atomic E-state index is 11.6. The molecular weight excluding hydrogens is 254 g/mol.